The van der Waals surface area contributed by atoms with Gasteiger partial charge in [-0.3, -0.25) is 14.8 Å². The molecule has 21 heavy (non-hydrogen) atoms. The molecule has 2 rings (SSSR count). The first-order chi connectivity index (χ1) is 9.79. The average Bonchev–Trinajstić information content (AvgIpc) is 2.41. The molecule has 0 saturated carbocycles. The molecule has 2 aromatic rings. The van der Waals surface area contributed by atoms with Crippen LogP contribution >= 0.6 is 0 Å². The van der Waals surface area contributed by atoms with Gasteiger partial charge >= 0.3 is 0 Å². The van der Waals surface area contributed by atoms with Gasteiger partial charge in [-0.25, -0.2) is 8.42 Å². The number of nitrogens with two attached hydrogens (primary N) is 1. The molecule has 0 aliphatic carbocycles. The van der Waals surface area contributed by atoms with Crippen LogP contribution in [0.4, 0.5) is 17.1 Å². The summed E-state index contributed by atoms with van der Waals surface area (Å²) in [6, 6.07) is 9.62. The van der Waals surface area contributed by atoms with E-state index in [1.807, 2.05) is 0 Å². The fourth-order valence-electron chi connectivity index (χ4n) is 1.68. The minimum Gasteiger partial charge on any atom is -0.398 e. The van der Waals surface area contributed by atoms with Crippen LogP contribution in [0, 0.1) is 17.0 Å². The van der Waals surface area contributed by atoms with Crippen molar-refractivity contribution < 1.29 is 13.3 Å². The van der Waals surface area contributed by atoms with Gasteiger partial charge in [0.1, 0.15) is 0 Å². The fraction of sp³-hybridized carbons (Fsp3) is 0.0769. The highest BCUT2D eigenvalue weighted by molar-refractivity contribution is 7.92. The second kappa shape index (κ2) is 5.41. The summed E-state index contributed by atoms with van der Waals surface area (Å²) in [6.45, 7) is 1.76. The number of sulfonamides is 1. The lowest BCUT2D eigenvalue weighted by Crippen LogP contribution is -2.13. The third-order valence-corrected chi connectivity index (χ3v) is 4.25. The summed E-state index contributed by atoms with van der Waals surface area (Å²) < 4.78 is 26.7. The first-order valence-corrected chi connectivity index (χ1v) is 7.41. The molecule has 0 heterocycles. The van der Waals surface area contributed by atoms with Crippen molar-refractivity contribution in [3.05, 3.63) is 58.1 Å². The molecule has 0 spiro atoms. The van der Waals surface area contributed by atoms with Crippen LogP contribution in [-0.4, -0.2) is 13.3 Å². The van der Waals surface area contributed by atoms with Gasteiger partial charge in [0.25, 0.3) is 15.7 Å². The largest absolute Gasteiger partial charge is 0.398 e. The van der Waals surface area contributed by atoms with E-state index < -0.39 is 14.9 Å². The van der Waals surface area contributed by atoms with E-state index in [0.29, 0.717) is 5.69 Å². The van der Waals surface area contributed by atoms with E-state index in [1.54, 1.807) is 13.0 Å². The van der Waals surface area contributed by atoms with E-state index in [1.165, 1.54) is 30.3 Å². The van der Waals surface area contributed by atoms with Crippen LogP contribution in [0.3, 0.4) is 0 Å². The van der Waals surface area contributed by atoms with Crippen molar-refractivity contribution in [1.82, 2.24) is 0 Å². The van der Waals surface area contributed by atoms with Gasteiger partial charge in [0.2, 0.25) is 0 Å². The van der Waals surface area contributed by atoms with E-state index in [4.69, 9.17) is 5.73 Å². The maximum atomic E-state index is 12.2. The summed E-state index contributed by atoms with van der Waals surface area (Å²) in [5.74, 6) is 0. The zero-order valence-electron chi connectivity index (χ0n) is 11.1. The summed E-state index contributed by atoms with van der Waals surface area (Å²) in [6.07, 6.45) is 0. The van der Waals surface area contributed by atoms with Crippen LogP contribution in [-0.2, 0) is 10.0 Å². The summed E-state index contributed by atoms with van der Waals surface area (Å²) in [7, 11) is -3.85. The Balaban J connectivity index is 2.35. The van der Waals surface area contributed by atoms with E-state index in [9.17, 15) is 18.5 Å². The highest BCUT2D eigenvalue weighted by Gasteiger charge is 2.16. The lowest BCUT2D eigenvalue weighted by Gasteiger charge is -2.09. The van der Waals surface area contributed by atoms with Gasteiger partial charge in [-0.15, -0.1) is 0 Å². The van der Waals surface area contributed by atoms with Crippen molar-refractivity contribution in [3.8, 4) is 0 Å². The number of anilines is 2. The van der Waals surface area contributed by atoms with Crippen LogP contribution in [0.1, 0.15) is 5.56 Å². The Kier molecular flexibility index (Phi) is 3.81. The third kappa shape index (κ3) is 3.29. The molecule has 110 valence electrons. The van der Waals surface area contributed by atoms with Crippen LogP contribution in [0.2, 0.25) is 0 Å². The highest BCUT2D eigenvalue weighted by Crippen LogP contribution is 2.22. The van der Waals surface area contributed by atoms with E-state index >= 15 is 0 Å². The predicted octanol–water partition coefficient (Wildman–Crippen LogP) is 2.29. The summed E-state index contributed by atoms with van der Waals surface area (Å²) in [5.41, 5.74) is 6.74. The summed E-state index contributed by atoms with van der Waals surface area (Å²) >= 11 is 0. The minimum absolute atomic E-state index is 0.00268. The first-order valence-electron chi connectivity index (χ1n) is 5.93. The van der Waals surface area contributed by atoms with Crippen molar-refractivity contribution in [3.63, 3.8) is 0 Å². The van der Waals surface area contributed by atoms with Crippen molar-refractivity contribution in [2.24, 2.45) is 0 Å². The topological polar surface area (TPSA) is 115 Å². The molecule has 3 N–H and O–H groups in total. The maximum Gasteiger partial charge on any atom is 0.271 e. The normalized spacial score (nSPS) is 11.1. The van der Waals surface area contributed by atoms with Crippen LogP contribution in [0.5, 0.6) is 0 Å². The molecule has 0 radical (unpaired) electrons. The lowest BCUT2D eigenvalue weighted by atomic mass is 10.2. The number of hydrogen-bond donors (Lipinski definition) is 2. The number of benzene rings is 2. The Bertz CT molecular complexity index is 803. The Labute approximate surface area is 121 Å². The van der Waals surface area contributed by atoms with Gasteiger partial charge in [-0.1, -0.05) is 12.1 Å². The number of nitro benzene ring substituents is 1. The molecule has 0 bridgehead atoms. The van der Waals surface area contributed by atoms with Gasteiger partial charge in [0, 0.05) is 17.8 Å². The second-order valence-corrected chi connectivity index (χ2v) is 6.11. The zero-order valence-corrected chi connectivity index (χ0v) is 11.9. The number of nitro groups is 1. The number of nitrogens with one attached hydrogen (secondary N) is 1. The van der Waals surface area contributed by atoms with E-state index in [2.05, 4.69) is 4.72 Å². The van der Waals surface area contributed by atoms with Crippen molar-refractivity contribution in [2.45, 2.75) is 11.8 Å². The maximum absolute atomic E-state index is 12.2. The van der Waals surface area contributed by atoms with Crippen molar-refractivity contribution in [1.29, 1.82) is 0 Å². The summed E-state index contributed by atoms with van der Waals surface area (Å²) in [5, 5.41) is 10.7. The minimum atomic E-state index is -3.85. The van der Waals surface area contributed by atoms with Gasteiger partial charge in [-0.2, -0.15) is 0 Å². The predicted molar refractivity (Wildman–Crippen MR) is 79.5 cm³/mol. The van der Waals surface area contributed by atoms with Crippen molar-refractivity contribution in [2.75, 3.05) is 10.5 Å². The van der Waals surface area contributed by atoms with E-state index in [-0.39, 0.29) is 16.3 Å². The van der Waals surface area contributed by atoms with E-state index in [0.717, 1.165) is 11.6 Å². The zero-order chi connectivity index (χ0) is 15.6. The smallest absolute Gasteiger partial charge is 0.271 e. The molecule has 0 aliphatic heterocycles. The second-order valence-electron chi connectivity index (χ2n) is 4.43. The molecule has 0 saturated heterocycles. The SMILES string of the molecule is Cc1ccc(S(=O)(=O)Nc2cccc([N+](=O)[O-])c2)cc1N. The quantitative estimate of drug-likeness (QED) is 0.511. The molecule has 0 atom stereocenters. The number of nitrogen functional groups attached to an aromatic ring is 1. The molecular formula is C13H13N3O4S. The molecule has 8 heteroatoms. The van der Waals surface area contributed by atoms with Crippen LogP contribution < -0.4 is 10.5 Å². The number of non-ortho nitro benzene ring substituents is 1. The Morgan fingerprint density at radius 2 is 1.90 bits per heavy atom. The average molecular weight is 307 g/mol. The lowest BCUT2D eigenvalue weighted by molar-refractivity contribution is -0.384. The number of nitrogens with zero attached hydrogens (tertiary/aromatic N) is 1. The monoisotopic (exact) mass is 307 g/mol. The molecule has 0 unspecified atom stereocenters. The number of hydrogen-bond acceptors (Lipinski definition) is 5. The highest BCUT2D eigenvalue weighted by atomic mass is 32.2. The third-order valence-electron chi connectivity index (χ3n) is 2.87. The van der Waals surface area contributed by atoms with Crippen LogP contribution in [0.25, 0.3) is 0 Å². The number of rotatable bonds is 4. The summed E-state index contributed by atoms with van der Waals surface area (Å²) in [4.78, 5) is 10.1. The van der Waals surface area contributed by atoms with Crippen molar-refractivity contribution >= 4 is 27.1 Å². The molecular weight excluding hydrogens is 294 g/mol. The Hall–Kier alpha value is -2.61. The standard InChI is InChI=1S/C13H13N3O4S/c1-9-5-6-12(8-13(9)14)21(19,20)15-10-3-2-4-11(7-10)16(17)18/h2-8,15H,14H2,1H3. The van der Waals surface area contributed by atoms with Gasteiger partial charge in [0.05, 0.1) is 15.5 Å². The first kappa shape index (κ1) is 14.8. The molecule has 0 aromatic heterocycles. The Morgan fingerprint density at radius 3 is 2.52 bits per heavy atom. The van der Waals surface area contributed by atoms with Crippen LogP contribution in [0.15, 0.2) is 47.4 Å². The molecule has 0 aliphatic rings. The molecule has 2 aromatic carbocycles. The van der Waals surface area contributed by atoms with Gasteiger partial charge < -0.3 is 5.73 Å². The Morgan fingerprint density at radius 1 is 1.19 bits per heavy atom. The fourth-order valence-corrected chi connectivity index (χ4v) is 2.77. The van der Waals surface area contributed by atoms with Gasteiger partial charge in [-0.05, 0) is 30.7 Å². The number of aryl methyl sites for hydroxylation is 1. The molecule has 0 fully saturated rings. The van der Waals surface area contributed by atoms with Gasteiger partial charge in [0.15, 0.2) is 0 Å². The molecule has 7 nitrogen and oxygen atoms in total. The molecule has 0 amide bonds.